The zero-order valence-electron chi connectivity index (χ0n) is 17.4. The maximum Gasteiger partial charge on any atom is 0.365 e. The van der Waals surface area contributed by atoms with Crippen molar-refractivity contribution in [2.75, 3.05) is 31.1 Å². The van der Waals surface area contributed by atoms with Crippen LogP contribution in [0.4, 0.5) is 5.95 Å². The van der Waals surface area contributed by atoms with E-state index < -0.39 is 5.97 Å². The molecule has 0 aliphatic carbocycles. The Morgan fingerprint density at radius 1 is 0.906 bits per heavy atom. The van der Waals surface area contributed by atoms with Gasteiger partial charge in [0.05, 0.1) is 11.0 Å². The van der Waals surface area contributed by atoms with E-state index in [0.29, 0.717) is 11.6 Å². The SMILES string of the molecule is O=C1OC(c2cccc3ccccc23)=N/C1=C/N1CCN(c2nc3ccccc3[nH]2)CC1. The van der Waals surface area contributed by atoms with Gasteiger partial charge in [-0.1, -0.05) is 48.5 Å². The molecule has 1 N–H and O–H groups in total. The molecule has 32 heavy (non-hydrogen) atoms. The summed E-state index contributed by atoms with van der Waals surface area (Å²) in [4.78, 5) is 29.4. The van der Waals surface area contributed by atoms with Crippen molar-refractivity contribution in [2.24, 2.45) is 4.99 Å². The number of H-pyrrole nitrogens is 1. The van der Waals surface area contributed by atoms with Crippen molar-refractivity contribution in [1.82, 2.24) is 14.9 Å². The number of aromatic nitrogens is 2. The summed E-state index contributed by atoms with van der Waals surface area (Å²) < 4.78 is 5.52. The lowest BCUT2D eigenvalue weighted by Crippen LogP contribution is -2.44. The summed E-state index contributed by atoms with van der Waals surface area (Å²) in [5.41, 5.74) is 3.17. The number of carbonyl (C=O) groups is 1. The minimum absolute atomic E-state index is 0.338. The van der Waals surface area contributed by atoms with Crippen LogP contribution in [-0.2, 0) is 9.53 Å². The highest BCUT2D eigenvalue weighted by atomic mass is 16.6. The number of piperazine rings is 1. The fourth-order valence-electron chi connectivity index (χ4n) is 4.25. The third-order valence-electron chi connectivity index (χ3n) is 5.94. The van der Waals surface area contributed by atoms with Crippen molar-refractivity contribution >= 4 is 39.6 Å². The van der Waals surface area contributed by atoms with Gasteiger partial charge >= 0.3 is 5.97 Å². The molecule has 0 radical (unpaired) electrons. The largest absolute Gasteiger partial charge is 0.402 e. The normalized spacial score (nSPS) is 17.9. The molecule has 2 aliphatic heterocycles. The van der Waals surface area contributed by atoms with Gasteiger partial charge in [-0.05, 0) is 29.0 Å². The molecule has 2 aliphatic rings. The number of aliphatic imine (C=N–C) groups is 1. The molecule has 0 spiro atoms. The van der Waals surface area contributed by atoms with Crippen LogP contribution >= 0.6 is 0 Å². The molecule has 3 aromatic carbocycles. The van der Waals surface area contributed by atoms with E-state index in [0.717, 1.165) is 59.5 Å². The number of aromatic amines is 1. The minimum Gasteiger partial charge on any atom is -0.402 e. The van der Waals surface area contributed by atoms with E-state index in [-0.39, 0.29) is 0 Å². The quantitative estimate of drug-likeness (QED) is 0.402. The third-order valence-corrected chi connectivity index (χ3v) is 5.94. The number of benzene rings is 3. The molecule has 0 amide bonds. The van der Waals surface area contributed by atoms with Gasteiger partial charge in [0.25, 0.3) is 0 Å². The summed E-state index contributed by atoms with van der Waals surface area (Å²) >= 11 is 0. The molecule has 4 aromatic rings. The molecular formula is C25H21N5O2. The summed E-state index contributed by atoms with van der Waals surface area (Å²) in [5, 5.41) is 2.10. The van der Waals surface area contributed by atoms with Gasteiger partial charge in [0.1, 0.15) is 0 Å². The maximum absolute atomic E-state index is 12.5. The molecule has 7 heteroatoms. The summed E-state index contributed by atoms with van der Waals surface area (Å²) in [6, 6.07) is 22.0. The fraction of sp³-hybridized carbons (Fsp3) is 0.160. The predicted octanol–water partition coefficient (Wildman–Crippen LogP) is 3.68. The first-order valence-corrected chi connectivity index (χ1v) is 10.7. The summed E-state index contributed by atoms with van der Waals surface area (Å²) in [7, 11) is 0. The predicted molar refractivity (Wildman–Crippen MR) is 125 cm³/mol. The van der Waals surface area contributed by atoms with Crippen LogP contribution in [-0.4, -0.2) is 52.9 Å². The third kappa shape index (κ3) is 3.28. The molecule has 158 valence electrons. The molecule has 0 atom stereocenters. The van der Waals surface area contributed by atoms with Crippen LogP contribution in [0.25, 0.3) is 21.8 Å². The number of para-hydroxylation sites is 2. The van der Waals surface area contributed by atoms with Crippen molar-refractivity contribution in [3.05, 3.63) is 84.2 Å². The highest BCUT2D eigenvalue weighted by Gasteiger charge is 2.27. The molecule has 1 saturated heterocycles. The lowest BCUT2D eigenvalue weighted by Gasteiger charge is -2.33. The van der Waals surface area contributed by atoms with Crippen LogP contribution < -0.4 is 4.90 Å². The van der Waals surface area contributed by atoms with Crippen LogP contribution in [0.15, 0.2) is 83.6 Å². The van der Waals surface area contributed by atoms with Gasteiger partial charge in [0.2, 0.25) is 11.8 Å². The number of cyclic esters (lactones) is 1. The topological polar surface area (TPSA) is 73.8 Å². The van der Waals surface area contributed by atoms with E-state index in [2.05, 4.69) is 24.8 Å². The number of rotatable bonds is 3. The number of esters is 1. The van der Waals surface area contributed by atoms with E-state index >= 15 is 0 Å². The van der Waals surface area contributed by atoms with E-state index in [1.165, 1.54) is 0 Å². The minimum atomic E-state index is -0.410. The Kier molecular flexibility index (Phi) is 4.38. The van der Waals surface area contributed by atoms with Gasteiger partial charge in [-0.15, -0.1) is 0 Å². The monoisotopic (exact) mass is 423 g/mol. The first-order chi connectivity index (χ1) is 15.7. The Morgan fingerprint density at radius 3 is 2.56 bits per heavy atom. The number of fused-ring (bicyclic) bond motifs is 2. The van der Waals surface area contributed by atoms with E-state index in [4.69, 9.17) is 4.74 Å². The van der Waals surface area contributed by atoms with Crippen LogP contribution in [0.3, 0.4) is 0 Å². The average molecular weight is 423 g/mol. The fourth-order valence-corrected chi connectivity index (χ4v) is 4.25. The highest BCUT2D eigenvalue weighted by Crippen LogP contribution is 2.24. The number of hydrogen-bond donors (Lipinski definition) is 1. The smallest absolute Gasteiger partial charge is 0.365 e. The van der Waals surface area contributed by atoms with Crippen LogP contribution in [0, 0.1) is 0 Å². The van der Waals surface area contributed by atoms with Gasteiger partial charge in [0, 0.05) is 37.9 Å². The number of anilines is 1. The van der Waals surface area contributed by atoms with Crippen molar-refractivity contribution in [2.45, 2.75) is 0 Å². The summed E-state index contributed by atoms with van der Waals surface area (Å²) in [5.74, 6) is 0.835. The maximum atomic E-state index is 12.5. The number of ether oxygens (including phenoxy) is 1. The zero-order chi connectivity index (χ0) is 21.5. The second-order valence-corrected chi connectivity index (χ2v) is 7.95. The Balaban J connectivity index is 1.20. The molecule has 1 fully saturated rings. The molecule has 3 heterocycles. The number of carbonyl (C=O) groups excluding carboxylic acids is 1. The lowest BCUT2D eigenvalue weighted by molar-refractivity contribution is -0.130. The standard InChI is InChI=1S/C25H21N5O2/c31-24-22(26-23(32-24)19-9-5-7-17-6-1-2-8-18(17)19)16-29-12-14-30(15-13-29)25-27-20-10-3-4-11-21(20)28-25/h1-11,16H,12-15H2,(H,27,28)/b22-16+. The molecule has 0 saturated carbocycles. The number of nitrogens with zero attached hydrogens (tertiary/aromatic N) is 4. The van der Waals surface area contributed by atoms with Gasteiger partial charge in [0.15, 0.2) is 5.70 Å². The first kappa shape index (κ1) is 18.6. The zero-order valence-corrected chi connectivity index (χ0v) is 17.4. The van der Waals surface area contributed by atoms with Gasteiger partial charge in [-0.2, -0.15) is 0 Å². The average Bonchev–Trinajstić information content (AvgIpc) is 3.43. The van der Waals surface area contributed by atoms with Gasteiger partial charge in [-0.25, -0.2) is 14.8 Å². The van der Waals surface area contributed by atoms with Crippen LogP contribution in [0.2, 0.25) is 0 Å². The first-order valence-electron chi connectivity index (χ1n) is 10.7. The van der Waals surface area contributed by atoms with Crippen molar-refractivity contribution in [3.63, 3.8) is 0 Å². The van der Waals surface area contributed by atoms with Crippen LogP contribution in [0.1, 0.15) is 5.56 Å². The molecule has 6 rings (SSSR count). The van der Waals surface area contributed by atoms with Crippen molar-refractivity contribution in [3.8, 4) is 0 Å². The lowest BCUT2D eigenvalue weighted by atomic mass is 10.0. The Hall–Kier alpha value is -4.13. The Morgan fingerprint density at radius 2 is 1.69 bits per heavy atom. The van der Waals surface area contributed by atoms with Crippen molar-refractivity contribution in [1.29, 1.82) is 0 Å². The molecule has 0 bridgehead atoms. The number of imidazole rings is 1. The molecule has 0 unspecified atom stereocenters. The van der Waals surface area contributed by atoms with Gasteiger partial charge in [-0.3, -0.25) is 0 Å². The number of nitrogens with one attached hydrogen (secondary N) is 1. The molecular weight excluding hydrogens is 402 g/mol. The number of hydrogen-bond acceptors (Lipinski definition) is 6. The Labute approximate surface area is 184 Å². The van der Waals surface area contributed by atoms with Crippen molar-refractivity contribution < 1.29 is 9.53 Å². The van der Waals surface area contributed by atoms with Gasteiger partial charge < -0.3 is 19.5 Å². The Bertz CT molecular complexity index is 1360. The van der Waals surface area contributed by atoms with Crippen LogP contribution in [0.5, 0.6) is 0 Å². The second kappa shape index (κ2) is 7.53. The van der Waals surface area contributed by atoms with E-state index in [1.54, 1.807) is 0 Å². The second-order valence-electron chi connectivity index (χ2n) is 7.95. The molecule has 7 nitrogen and oxygen atoms in total. The highest BCUT2D eigenvalue weighted by molar-refractivity contribution is 6.16. The summed E-state index contributed by atoms with van der Waals surface area (Å²) in [6.45, 7) is 3.15. The summed E-state index contributed by atoms with van der Waals surface area (Å²) in [6.07, 6.45) is 1.82. The van der Waals surface area contributed by atoms with E-state index in [1.807, 2.05) is 72.9 Å². The molecule has 1 aromatic heterocycles. The van der Waals surface area contributed by atoms with E-state index in [9.17, 15) is 4.79 Å².